The highest BCUT2D eigenvalue weighted by Crippen LogP contribution is 2.40. The topological polar surface area (TPSA) is 72.0 Å². The van der Waals surface area contributed by atoms with Crippen molar-refractivity contribution >= 4 is 17.4 Å². The molecule has 0 saturated heterocycles. The van der Waals surface area contributed by atoms with Crippen molar-refractivity contribution in [1.82, 2.24) is 20.3 Å². The number of ether oxygens (including phenoxy) is 1. The quantitative estimate of drug-likeness (QED) is 0.229. The van der Waals surface area contributed by atoms with Crippen molar-refractivity contribution in [2.24, 2.45) is 0 Å². The SMILES string of the molecule is CNCCCOc1cc(F)c(-c2c(Cl)nc(-c3ccccn3)nc2N[C@@H](C)C(F)(F)F)c(F)c1. The van der Waals surface area contributed by atoms with Crippen molar-refractivity contribution in [2.45, 2.75) is 25.6 Å². The Morgan fingerprint density at radius 1 is 1.09 bits per heavy atom. The molecule has 2 N–H and O–H groups in total. The summed E-state index contributed by atoms with van der Waals surface area (Å²) >= 11 is 6.25. The highest BCUT2D eigenvalue weighted by Gasteiger charge is 2.37. The Labute approximate surface area is 197 Å². The molecule has 0 spiro atoms. The zero-order chi connectivity index (χ0) is 24.9. The van der Waals surface area contributed by atoms with Gasteiger partial charge in [0.2, 0.25) is 0 Å². The number of benzene rings is 1. The number of aromatic nitrogens is 3. The molecule has 1 atom stereocenters. The van der Waals surface area contributed by atoms with Crippen LogP contribution in [0.1, 0.15) is 13.3 Å². The predicted molar refractivity (Wildman–Crippen MR) is 119 cm³/mol. The molecule has 0 radical (unpaired) electrons. The van der Waals surface area contributed by atoms with Crippen LogP contribution in [-0.4, -0.2) is 47.4 Å². The van der Waals surface area contributed by atoms with Crippen LogP contribution in [0.4, 0.5) is 27.8 Å². The second kappa shape index (κ2) is 10.9. The van der Waals surface area contributed by atoms with E-state index in [0.717, 1.165) is 19.1 Å². The van der Waals surface area contributed by atoms with Crippen LogP contribution in [0, 0.1) is 11.6 Å². The Morgan fingerprint density at radius 2 is 1.79 bits per heavy atom. The molecular weight excluding hydrogens is 481 g/mol. The fourth-order valence-electron chi connectivity index (χ4n) is 2.97. The summed E-state index contributed by atoms with van der Waals surface area (Å²) in [4.78, 5) is 12.1. The first-order valence-electron chi connectivity index (χ1n) is 10.2. The number of hydrogen-bond acceptors (Lipinski definition) is 6. The van der Waals surface area contributed by atoms with Crippen LogP contribution < -0.4 is 15.4 Å². The number of pyridine rings is 1. The molecule has 0 fully saturated rings. The normalized spacial score (nSPS) is 12.5. The summed E-state index contributed by atoms with van der Waals surface area (Å²) in [6.45, 7) is 1.69. The van der Waals surface area contributed by atoms with Crippen molar-refractivity contribution in [3.63, 3.8) is 0 Å². The third kappa shape index (κ3) is 6.09. The van der Waals surface area contributed by atoms with Crippen LogP contribution in [0.2, 0.25) is 5.15 Å². The minimum Gasteiger partial charge on any atom is -0.493 e. The zero-order valence-corrected chi connectivity index (χ0v) is 18.9. The lowest BCUT2D eigenvalue weighted by Crippen LogP contribution is -2.33. The molecule has 182 valence electrons. The van der Waals surface area contributed by atoms with E-state index >= 15 is 8.78 Å². The van der Waals surface area contributed by atoms with Crippen LogP contribution in [0.5, 0.6) is 5.75 Å². The minimum atomic E-state index is -4.66. The lowest BCUT2D eigenvalue weighted by Gasteiger charge is -2.21. The van der Waals surface area contributed by atoms with Crippen LogP contribution >= 0.6 is 11.6 Å². The summed E-state index contributed by atoms with van der Waals surface area (Å²) in [5.41, 5.74) is -0.920. The molecule has 3 aromatic rings. The molecule has 34 heavy (non-hydrogen) atoms. The highest BCUT2D eigenvalue weighted by molar-refractivity contribution is 6.32. The Bertz CT molecular complexity index is 1110. The third-order valence-corrected chi connectivity index (χ3v) is 4.98. The number of halogens is 6. The van der Waals surface area contributed by atoms with Crippen LogP contribution in [-0.2, 0) is 0 Å². The van der Waals surface area contributed by atoms with E-state index in [4.69, 9.17) is 16.3 Å². The van der Waals surface area contributed by atoms with Gasteiger partial charge < -0.3 is 15.4 Å². The minimum absolute atomic E-state index is 0.0739. The Hall–Kier alpha value is -3.05. The average Bonchev–Trinajstić information content (AvgIpc) is 2.77. The van der Waals surface area contributed by atoms with Crippen LogP contribution in [0.15, 0.2) is 36.5 Å². The standard InChI is InChI=1S/C22H21ClF5N5O/c1-12(22(26,27)28)31-21-18(19(23)32-20(33-21)16-6-3-4-8-30-16)17-14(24)10-13(11-15(17)25)34-9-5-7-29-2/h3-4,6,8,10-12,29H,5,7,9H2,1-2H3,(H,31,32,33)/t12-/m0/s1. The summed E-state index contributed by atoms with van der Waals surface area (Å²) in [5, 5.41) is 4.62. The largest absolute Gasteiger partial charge is 0.493 e. The van der Waals surface area contributed by atoms with Crippen LogP contribution in [0.25, 0.3) is 22.6 Å². The number of nitrogens with zero attached hydrogens (tertiary/aromatic N) is 3. The van der Waals surface area contributed by atoms with E-state index in [2.05, 4.69) is 25.6 Å². The monoisotopic (exact) mass is 501 g/mol. The highest BCUT2D eigenvalue weighted by atomic mass is 35.5. The van der Waals surface area contributed by atoms with Gasteiger partial charge in [0.25, 0.3) is 0 Å². The van der Waals surface area contributed by atoms with Gasteiger partial charge in [-0.05, 0) is 39.1 Å². The van der Waals surface area contributed by atoms with Crippen molar-refractivity contribution in [3.8, 4) is 28.4 Å². The Morgan fingerprint density at radius 3 is 2.38 bits per heavy atom. The molecule has 0 unspecified atom stereocenters. The first kappa shape index (κ1) is 25.6. The van der Waals surface area contributed by atoms with E-state index < -0.39 is 46.0 Å². The van der Waals surface area contributed by atoms with E-state index in [0.29, 0.717) is 13.0 Å². The lowest BCUT2D eigenvalue weighted by molar-refractivity contribution is -0.138. The fourth-order valence-corrected chi connectivity index (χ4v) is 3.23. The molecule has 0 aliphatic heterocycles. The van der Waals surface area contributed by atoms with Gasteiger partial charge in [0.05, 0.1) is 17.7 Å². The maximum Gasteiger partial charge on any atom is 0.408 e. The van der Waals surface area contributed by atoms with Gasteiger partial charge in [0.15, 0.2) is 5.82 Å². The zero-order valence-electron chi connectivity index (χ0n) is 18.2. The molecule has 3 rings (SSSR count). The van der Waals surface area contributed by atoms with E-state index in [1.165, 1.54) is 12.3 Å². The second-order valence-electron chi connectivity index (χ2n) is 7.25. The summed E-state index contributed by atoms with van der Waals surface area (Å²) in [6, 6.07) is 4.51. The first-order chi connectivity index (χ1) is 16.1. The van der Waals surface area contributed by atoms with Gasteiger partial charge in [-0.25, -0.2) is 18.7 Å². The van der Waals surface area contributed by atoms with Crippen LogP contribution in [0.3, 0.4) is 0 Å². The van der Waals surface area contributed by atoms with Gasteiger partial charge >= 0.3 is 6.18 Å². The van der Waals surface area contributed by atoms with Crippen molar-refractivity contribution < 1.29 is 26.7 Å². The van der Waals surface area contributed by atoms with E-state index in [9.17, 15) is 13.2 Å². The number of alkyl halides is 3. The Kier molecular flexibility index (Phi) is 8.21. The smallest absolute Gasteiger partial charge is 0.408 e. The molecule has 12 heteroatoms. The van der Waals surface area contributed by atoms with E-state index in [1.807, 2.05) is 0 Å². The van der Waals surface area contributed by atoms with Crippen molar-refractivity contribution in [1.29, 1.82) is 0 Å². The summed E-state index contributed by atoms with van der Waals surface area (Å²) in [7, 11) is 1.75. The van der Waals surface area contributed by atoms with Gasteiger partial charge in [-0.15, -0.1) is 0 Å². The second-order valence-corrected chi connectivity index (χ2v) is 7.61. The molecule has 0 aliphatic rings. The third-order valence-electron chi connectivity index (χ3n) is 4.71. The summed E-state index contributed by atoms with van der Waals surface area (Å²) in [6.07, 6.45) is -2.64. The van der Waals surface area contributed by atoms with Crippen molar-refractivity contribution in [2.75, 3.05) is 25.5 Å². The molecule has 6 nitrogen and oxygen atoms in total. The summed E-state index contributed by atoms with van der Waals surface area (Å²) in [5.74, 6) is -2.87. The number of hydrogen-bond donors (Lipinski definition) is 2. The number of anilines is 1. The molecule has 0 amide bonds. The van der Waals surface area contributed by atoms with E-state index in [1.54, 1.807) is 19.2 Å². The van der Waals surface area contributed by atoms with E-state index in [-0.39, 0.29) is 23.9 Å². The predicted octanol–water partition coefficient (Wildman–Crippen LogP) is 5.49. The maximum atomic E-state index is 15.0. The van der Waals surface area contributed by atoms with Gasteiger partial charge in [-0.2, -0.15) is 13.2 Å². The summed E-state index contributed by atoms with van der Waals surface area (Å²) < 4.78 is 75.2. The van der Waals surface area contributed by atoms with Gasteiger partial charge in [-0.1, -0.05) is 17.7 Å². The van der Waals surface area contributed by atoms with Crippen molar-refractivity contribution in [3.05, 3.63) is 53.3 Å². The number of rotatable bonds is 9. The lowest BCUT2D eigenvalue weighted by atomic mass is 10.1. The molecule has 1 aromatic carbocycles. The van der Waals surface area contributed by atoms with Gasteiger partial charge in [-0.3, -0.25) is 4.98 Å². The molecule has 0 saturated carbocycles. The molecular formula is C22H21ClF5N5O. The molecule has 0 bridgehead atoms. The van der Waals surface area contributed by atoms with Gasteiger partial charge in [0.1, 0.15) is 40.1 Å². The molecule has 2 aromatic heterocycles. The van der Waals surface area contributed by atoms with Gasteiger partial charge in [0, 0.05) is 18.3 Å². The average molecular weight is 502 g/mol. The fraction of sp³-hybridized carbons (Fsp3) is 0.318. The maximum absolute atomic E-state index is 15.0. The Balaban J connectivity index is 2.09. The first-order valence-corrected chi connectivity index (χ1v) is 10.6. The molecule has 2 heterocycles. The molecule has 0 aliphatic carbocycles. The number of nitrogens with one attached hydrogen (secondary N) is 2.